The van der Waals surface area contributed by atoms with E-state index in [9.17, 15) is 4.79 Å². The molecule has 0 bridgehead atoms. The quantitative estimate of drug-likeness (QED) is 0.793. The zero-order valence-corrected chi connectivity index (χ0v) is 16.6. The third kappa shape index (κ3) is 4.35. The Morgan fingerprint density at radius 2 is 1.88 bits per heavy atom. The van der Waals surface area contributed by atoms with E-state index < -0.39 is 0 Å². The second-order valence-electron chi connectivity index (χ2n) is 6.58. The summed E-state index contributed by atoms with van der Waals surface area (Å²) in [4.78, 5) is 25.5. The van der Waals surface area contributed by atoms with Gasteiger partial charge in [-0.2, -0.15) is 0 Å². The lowest BCUT2D eigenvalue weighted by Crippen LogP contribution is -2.49. The number of hydrogen-bond acceptors (Lipinski definition) is 7. The molecule has 1 saturated heterocycles. The molecule has 8 heteroatoms. The van der Waals surface area contributed by atoms with E-state index in [0.717, 1.165) is 66.3 Å². The molecule has 7 nitrogen and oxygen atoms in total. The van der Waals surface area contributed by atoms with E-state index in [4.69, 9.17) is 4.52 Å². The fourth-order valence-corrected chi connectivity index (χ4v) is 4.16. The second kappa shape index (κ2) is 8.07. The van der Waals surface area contributed by atoms with Gasteiger partial charge < -0.3 is 14.3 Å². The lowest BCUT2D eigenvalue weighted by atomic mass is 10.2. The van der Waals surface area contributed by atoms with Crippen LogP contribution < -0.4 is 4.90 Å². The van der Waals surface area contributed by atoms with Crippen LogP contribution in [0.2, 0.25) is 0 Å². The third-order valence-corrected chi connectivity index (χ3v) is 5.51. The Bertz CT molecular complexity index is 744. The predicted molar refractivity (Wildman–Crippen MR) is 102 cm³/mol. The van der Waals surface area contributed by atoms with Crippen LogP contribution in [-0.4, -0.2) is 57.9 Å². The van der Waals surface area contributed by atoms with E-state index in [1.807, 2.05) is 38.7 Å². The molecule has 140 valence electrons. The predicted octanol–water partition coefficient (Wildman–Crippen LogP) is 2.28. The summed E-state index contributed by atoms with van der Waals surface area (Å²) in [5.41, 5.74) is 2.98. The molecule has 0 N–H and O–H groups in total. The van der Waals surface area contributed by atoms with Crippen molar-refractivity contribution in [1.82, 2.24) is 20.0 Å². The summed E-state index contributed by atoms with van der Waals surface area (Å²) < 4.78 is 5.17. The Balaban J connectivity index is 1.47. The van der Waals surface area contributed by atoms with Crippen molar-refractivity contribution in [3.05, 3.63) is 34.6 Å². The molecule has 3 rings (SSSR count). The van der Waals surface area contributed by atoms with Crippen LogP contribution in [0.15, 0.2) is 10.6 Å². The molecule has 2 aromatic heterocycles. The van der Waals surface area contributed by atoms with Crippen molar-refractivity contribution in [3.63, 3.8) is 0 Å². The van der Waals surface area contributed by atoms with Crippen molar-refractivity contribution in [1.29, 1.82) is 0 Å². The molecule has 3 heterocycles. The van der Waals surface area contributed by atoms with Crippen LogP contribution in [-0.2, 0) is 10.5 Å². The van der Waals surface area contributed by atoms with Gasteiger partial charge in [0.2, 0.25) is 5.91 Å². The first kappa shape index (κ1) is 18.7. The highest BCUT2D eigenvalue weighted by molar-refractivity contribution is 7.99. The van der Waals surface area contributed by atoms with Crippen molar-refractivity contribution < 1.29 is 9.32 Å². The molecule has 26 heavy (non-hydrogen) atoms. The lowest BCUT2D eigenvalue weighted by molar-refractivity contribution is -0.128. The van der Waals surface area contributed by atoms with E-state index in [-0.39, 0.29) is 5.91 Å². The van der Waals surface area contributed by atoms with Crippen LogP contribution in [0.3, 0.4) is 0 Å². The highest BCUT2D eigenvalue weighted by atomic mass is 32.2. The van der Waals surface area contributed by atoms with Crippen LogP contribution in [0.4, 0.5) is 5.82 Å². The molecule has 0 aromatic carbocycles. The van der Waals surface area contributed by atoms with Crippen molar-refractivity contribution in [3.8, 4) is 0 Å². The molecule has 1 aliphatic rings. The Kier molecular flexibility index (Phi) is 5.80. The summed E-state index contributed by atoms with van der Waals surface area (Å²) in [7, 11) is 0. The summed E-state index contributed by atoms with van der Waals surface area (Å²) in [6.45, 7) is 10.8. The normalized spacial score (nSPS) is 14.8. The Hall–Kier alpha value is -2.09. The van der Waals surface area contributed by atoms with Gasteiger partial charge in [0, 0.05) is 49.3 Å². The second-order valence-corrected chi connectivity index (χ2v) is 7.56. The van der Waals surface area contributed by atoms with Crippen LogP contribution in [0, 0.1) is 27.7 Å². The van der Waals surface area contributed by atoms with Gasteiger partial charge in [-0.25, -0.2) is 9.97 Å². The highest BCUT2D eigenvalue weighted by Crippen LogP contribution is 2.20. The number of aryl methyl sites for hydroxylation is 4. The maximum absolute atomic E-state index is 12.5. The maximum atomic E-state index is 12.5. The highest BCUT2D eigenvalue weighted by Gasteiger charge is 2.22. The average molecular weight is 375 g/mol. The van der Waals surface area contributed by atoms with Crippen LogP contribution in [0.1, 0.15) is 28.5 Å². The molecule has 0 atom stereocenters. The number of thioether (sulfide) groups is 1. The van der Waals surface area contributed by atoms with Gasteiger partial charge in [0.15, 0.2) is 0 Å². The lowest BCUT2D eigenvalue weighted by Gasteiger charge is -2.35. The number of anilines is 1. The number of amides is 1. The van der Waals surface area contributed by atoms with Gasteiger partial charge in [-0.3, -0.25) is 4.79 Å². The molecular weight excluding hydrogens is 350 g/mol. The van der Waals surface area contributed by atoms with E-state index in [1.54, 1.807) is 11.8 Å². The molecule has 0 spiro atoms. The largest absolute Gasteiger partial charge is 0.361 e. The Morgan fingerprint density at radius 3 is 2.50 bits per heavy atom. The van der Waals surface area contributed by atoms with E-state index >= 15 is 0 Å². The van der Waals surface area contributed by atoms with E-state index in [2.05, 4.69) is 20.0 Å². The molecule has 1 fully saturated rings. The fourth-order valence-electron chi connectivity index (χ4n) is 3.08. The smallest absolute Gasteiger partial charge is 0.232 e. The van der Waals surface area contributed by atoms with Crippen LogP contribution in [0.5, 0.6) is 0 Å². The van der Waals surface area contributed by atoms with Gasteiger partial charge >= 0.3 is 0 Å². The first-order chi connectivity index (χ1) is 12.4. The summed E-state index contributed by atoms with van der Waals surface area (Å²) >= 11 is 1.62. The SMILES string of the molecule is Cc1cc(N2CCN(C(=O)CSCc3c(C)noc3C)CC2)nc(C)n1. The van der Waals surface area contributed by atoms with Crippen molar-refractivity contribution >= 4 is 23.5 Å². The number of carbonyl (C=O) groups excluding carboxylic acids is 1. The minimum atomic E-state index is 0.191. The molecule has 0 saturated carbocycles. The third-order valence-electron chi connectivity index (χ3n) is 4.56. The molecule has 1 aliphatic heterocycles. The van der Waals surface area contributed by atoms with Crippen LogP contribution in [0.25, 0.3) is 0 Å². The number of rotatable bonds is 5. The number of aromatic nitrogens is 3. The van der Waals surface area contributed by atoms with Crippen molar-refractivity contribution in [2.24, 2.45) is 0 Å². The zero-order valence-electron chi connectivity index (χ0n) is 15.8. The topological polar surface area (TPSA) is 75.4 Å². The average Bonchev–Trinajstić information content (AvgIpc) is 2.93. The van der Waals surface area contributed by atoms with E-state index in [1.165, 1.54) is 0 Å². The summed E-state index contributed by atoms with van der Waals surface area (Å²) in [6, 6.07) is 2.00. The summed E-state index contributed by atoms with van der Waals surface area (Å²) in [6.07, 6.45) is 0. The Labute approximate surface area is 158 Å². The van der Waals surface area contributed by atoms with Gasteiger partial charge in [0.1, 0.15) is 17.4 Å². The molecule has 0 radical (unpaired) electrons. The first-order valence-electron chi connectivity index (χ1n) is 8.78. The van der Waals surface area contributed by atoms with Gasteiger partial charge in [0.25, 0.3) is 0 Å². The van der Waals surface area contributed by atoms with E-state index in [0.29, 0.717) is 5.75 Å². The van der Waals surface area contributed by atoms with Gasteiger partial charge in [0.05, 0.1) is 11.4 Å². The first-order valence-corrected chi connectivity index (χ1v) is 9.94. The van der Waals surface area contributed by atoms with Crippen molar-refractivity contribution in [2.45, 2.75) is 33.4 Å². The minimum absolute atomic E-state index is 0.191. The number of piperazine rings is 1. The zero-order chi connectivity index (χ0) is 18.7. The van der Waals surface area contributed by atoms with Gasteiger partial charge in [-0.1, -0.05) is 5.16 Å². The minimum Gasteiger partial charge on any atom is -0.361 e. The van der Waals surface area contributed by atoms with Gasteiger partial charge in [-0.15, -0.1) is 11.8 Å². The fraction of sp³-hybridized carbons (Fsp3) is 0.556. The molecule has 2 aromatic rings. The number of nitrogens with zero attached hydrogens (tertiary/aromatic N) is 5. The summed E-state index contributed by atoms with van der Waals surface area (Å²) in [5.74, 6) is 4.01. The molecular formula is C18H25N5O2S. The molecule has 1 amide bonds. The molecule has 0 unspecified atom stereocenters. The Morgan fingerprint density at radius 1 is 1.15 bits per heavy atom. The number of hydrogen-bond donors (Lipinski definition) is 0. The monoisotopic (exact) mass is 375 g/mol. The van der Waals surface area contributed by atoms with Gasteiger partial charge in [-0.05, 0) is 27.7 Å². The molecule has 0 aliphatic carbocycles. The standard InChI is InChI=1S/C18H25N5O2S/c1-12-9-17(20-15(4)19-12)22-5-7-23(8-6-22)18(24)11-26-10-16-13(2)21-25-14(16)3/h9H,5-8,10-11H2,1-4H3. The maximum Gasteiger partial charge on any atom is 0.232 e. The van der Waals surface area contributed by atoms with Crippen LogP contribution >= 0.6 is 11.8 Å². The summed E-state index contributed by atoms with van der Waals surface area (Å²) in [5, 5.41) is 3.95. The number of carbonyl (C=O) groups is 1. The van der Waals surface area contributed by atoms with Crippen molar-refractivity contribution in [2.75, 3.05) is 36.8 Å².